The quantitative estimate of drug-likeness (QED) is 0.237. The lowest BCUT2D eigenvalue weighted by Gasteiger charge is -2.29. The van der Waals surface area contributed by atoms with Crippen LogP contribution in [0, 0.1) is 15.5 Å². The van der Waals surface area contributed by atoms with Gasteiger partial charge < -0.3 is 15.3 Å². The second-order valence-corrected chi connectivity index (χ2v) is 3.88. The molecule has 2 unspecified atom stereocenters. The van der Waals surface area contributed by atoms with Crippen molar-refractivity contribution >= 4 is 11.8 Å². The second-order valence-electron chi connectivity index (χ2n) is 3.88. The fourth-order valence-corrected chi connectivity index (χ4v) is 1.79. The Labute approximate surface area is 97.7 Å². The number of hydrogen-bond acceptors (Lipinski definition) is 6. The van der Waals surface area contributed by atoms with Crippen LogP contribution in [0.2, 0.25) is 0 Å². The molecule has 1 aliphatic carbocycles. The molecule has 0 saturated heterocycles. The third kappa shape index (κ3) is 4.66. The molecule has 0 amide bonds. The van der Waals surface area contributed by atoms with Gasteiger partial charge in [0.1, 0.15) is 24.5 Å². The van der Waals surface area contributed by atoms with Crippen LogP contribution in [-0.4, -0.2) is 29.1 Å². The van der Waals surface area contributed by atoms with Crippen LogP contribution in [-0.2, 0) is 14.4 Å². The molecule has 0 aliphatic heterocycles. The van der Waals surface area contributed by atoms with E-state index >= 15 is 0 Å². The highest BCUT2D eigenvalue weighted by molar-refractivity contribution is 5.94. The van der Waals surface area contributed by atoms with Gasteiger partial charge in [0.25, 0.3) is 5.09 Å². The van der Waals surface area contributed by atoms with Gasteiger partial charge in [-0.1, -0.05) is 6.42 Å². The van der Waals surface area contributed by atoms with Crippen molar-refractivity contribution in [3.63, 3.8) is 0 Å². The molecule has 1 fully saturated rings. The molecule has 3 N–H and O–H groups in total. The lowest BCUT2D eigenvalue weighted by molar-refractivity contribution is -0.771. The second kappa shape index (κ2) is 6.02. The third-order valence-corrected chi connectivity index (χ3v) is 2.48. The standard InChI is InChI=1S/C9H15N3O5/c10-8(11)5-9(13)16-6-3-1-2-4-7(6)17-12(14)15/h6-7H,1-5H2,(H3,10,11). The smallest absolute Gasteiger partial charge is 0.313 e. The number of nitrogens with two attached hydrogens (primary N) is 1. The first-order valence-corrected chi connectivity index (χ1v) is 5.32. The lowest BCUT2D eigenvalue weighted by atomic mass is 9.95. The van der Waals surface area contributed by atoms with Crippen molar-refractivity contribution in [2.24, 2.45) is 5.73 Å². The van der Waals surface area contributed by atoms with Crippen LogP contribution in [0.1, 0.15) is 32.1 Å². The Kier molecular flexibility index (Phi) is 4.68. The van der Waals surface area contributed by atoms with Gasteiger partial charge in [0.2, 0.25) is 0 Å². The van der Waals surface area contributed by atoms with Gasteiger partial charge in [-0.25, -0.2) is 0 Å². The summed E-state index contributed by atoms with van der Waals surface area (Å²) >= 11 is 0. The van der Waals surface area contributed by atoms with Gasteiger partial charge >= 0.3 is 5.97 Å². The molecule has 8 nitrogen and oxygen atoms in total. The summed E-state index contributed by atoms with van der Waals surface area (Å²) in [7, 11) is 0. The molecule has 0 radical (unpaired) electrons. The Morgan fingerprint density at radius 1 is 1.41 bits per heavy atom. The minimum Gasteiger partial charge on any atom is -0.460 e. The van der Waals surface area contributed by atoms with Crippen LogP contribution in [0.15, 0.2) is 0 Å². The van der Waals surface area contributed by atoms with E-state index in [0.29, 0.717) is 12.8 Å². The van der Waals surface area contributed by atoms with Crippen molar-refractivity contribution in [2.75, 3.05) is 0 Å². The maximum Gasteiger partial charge on any atom is 0.313 e. The van der Waals surface area contributed by atoms with Crippen molar-refractivity contribution in [1.82, 2.24) is 0 Å². The number of amidine groups is 1. The molecule has 96 valence electrons. The van der Waals surface area contributed by atoms with E-state index in [4.69, 9.17) is 15.9 Å². The van der Waals surface area contributed by atoms with E-state index in [-0.39, 0.29) is 12.3 Å². The summed E-state index contributed by atoms with van der Waals surface area (Å²) in [5.41, 5.74) is 5.06. The normalized spacial score (nSPS) is 23.8. The molecule has 0 spiro atoms. The average molecular weight is 245 g/mol. The Balaban J connectivity index is 2.50. The molecule has 1 saturated carbocycles. The van der Waals surface area contributed by atoms with Gasteiger partial charge in [0, 0.05) is 0 Å². The van der Waals surface area contributed by atoms with Gasteiger partial charge in [-0.05, 0) is 19.3 Å². The van der Waals surface area contributed by atoms with Crippen molar-refractivity contribution in [2.45, 2.75) is 44.3 Å². The minimum atomic E-state index is -0.873. The topological polar surface area (TPSA) is 129 Å². The number of rotatable bonds is 5. The molecule has 1 aliphatic rings. The number of nitrogens with zero attached hydrogens (tertiary/aromatic N) is 1. The summed E-state index contributed by atoms with van der Waals surface area (Å²) in [4.78, 5) is 26.0. The maximum absolute atomic E-state index is 11.3. The SMILES string of the molecule is N=C(N)CC(=O)OC1CCCCC1O[N+](=O)[O-]. The highest BCUT2D eigenvalue weighted by Crippen LogP contribution is 2.24. The molecule has 0 aromatic carbocycles. The van der Waals surface area contributed by atoms with Crippen LogP contribution in [0.25, 0.3) is 0 Å². The van der Waals surface area contributed by atoms with Gasteiger partial charge in [-0.2, -0.15) is 0 Å². The predicted molar refractivity (Wildman–Crippen MR) is 56.7 cm³/mol. The van der Waals surface area contributed by atoms with Crippen molar-refractivity contribution in [3.05, 3.63) is 10.1 Å². The van der Waals surface area contributed by atoms with E-state index in [1.54, 1.807) is 0 Å². The van der Waals surface area contributed by atoms with Crippen LogP contribution >= 0.6 is 0 Å². The first-order valence-electron chi connectivity index (χ1n) is 5.32. The number of esters is 1. The highest BCUT2D eigenvalue weighted by Gasteiger charge is 2.31. The third-order valence-electron chi connectivity index (χ3n) is 2.48. The van der Waals surface area contributed by atoms with Crippen molar-refractivity contribution in [1.29, 1.82) is 5.41 Å². The molecule has 0 aromatic rings. The first-order chi connectivity index (χ1) is 7.99. The Bertz CT molecular complexity index is 320. The van der Waals surface area contributed by atoms with Gasteiger partial charge in [-0.3, -0.25) is 10.2 Å². The molecule has 1 rings (SSSR count). The van der Waals surface area contributed by atoms with Crippen LogP contribution in [0.4, 0.5) is 0 Å². The fraction of sp³-hybridized carbons (Fsp3) is 0.778. The summed E-state index contributed by atoms with van der Waals surface area (Å²) in [5, 5.41) is 16.3. The van der Waals surface area contributed by atoms with E-state index in [2.05, 4.69) is 4.84 Å². The Hall–Kier alpha value is -1.86. The Morgan fingerprint density at radius 3 is 2.53 bits per heavy atom. The average Bonchev–Trinajstić information content (AvgIpc) is 2.18. The van der Waals surface area contributed by atoms with E-state index in [9.17, 15) is 14.9 Å². The summed E-state index contributed by atoms with van der Waals surface area (Å²) in [5.74, 6) is -0.945. The molecule has 0 heterocycles. The molecule has 0 aromatic heterocycles. The minimum absolute atomic E-state index is 0.294. The molecule has 2 atom stereocenters. The molecular weight excluding hydrogens is 230 g/mol. The van der Waals surface area contributed by atoms with Gasteiger partial charge in [-0.15, -0.1) is 10.1 Å². The number of hydrogen-bond donors (Lipinski definition) is 2. The van der Waals surface area contributed by atoms with Gasteiger partial charge in [0.15, 0.2) is 0 Å². The van der Waals surface area contributed by atoms with E-state index < -0.39 is 23.3 Å². The number of carbonyl (C=O) groups excluding carboxylic acids is 1. The Morgan fingerprint density at radius 2 is 2.00 bits per heavy atom. The molecule has 8 heteroatoms. The monoisotopic (exact) mass is 245 g/mol. The zero-order valence-electron chi connectivity index (χ0n) is 9.26. The van der Waals surface area contributed by atoms with E-state index in [1.165, 1.54) is 0 Å². The summed E-state index contributed by atoms with van der Waals surface area (Å²) in [6.45, 7) is 0. The number of nitrogens with one attached hydrogen (secondary N) is 1. The van der Waals surface area contributed by atoms with E-state index in [0.717, 1.165) is 12.8 Å². The predicted octanol–water partition coefficient (Wildman–Crippen LogP) is 0.375. The zero-order chi connectivity index (χ0) is 12.8. The van der Waals surface area contributed by atoms with Crippen LogP contribution in [0.3, 0.4) is 0 Å². The highest BCUT2D eigenvalue weighted by atomic mass is 17.0. The lowest BCUT2D eigenvalue weighted by Crippen LogP contribution is -2.38. The molecule has 17 heavy (non-hydrogen) atoms. The number of carbonyl (C=O) groups is 1. The first kappa shape index (κ1) is 13.2. The van der Waals surface area contributed by atoms with Crippen LogP contribution < -0.4 is 5.73 Å². The van der Waals surface area contributed by atoms with Crippen molar-refractivity contribution < 1.29 is 19.5 Å². The zero-order valence-corrected chi connectivity index (χ0v) is 9.26. The largest absolute Gasteiger partial charge is 0.460 e. The summed E-state index contributed by atoms with van der Waals surface area (Å²) < 4.78 is 5.03. The molecule has 0 bridgehead atoms. The summed E-state index contributed by atoms with van der Waals surface area (Å²) in [6.07, 6.45) is 1.01. The maximum atomic E-state index is 11.3. The van der Waals surface area contributed by atoms with Crippen molar-refractivity contribution in [3.8, 4) is 0 Å². The summed E-state index contributed by atoms with van der Waals surface area (Å²) in [6, 6.07) is 0. The van der Waals surface area contributed by atoms with Gasteiger partial charge in [0.05, 0.1) is 0 Å². The number of ether oxygens (including phenoxy) is 1. The van der Waals surface area contributed by atoms with Crippen LogP contribution in [0.5, 0.6) is 0 Å². The van der Waals surface area contributed by atoms with E-state index in [1.807, 2.05) is 0 Å². The molecular formula is C9H15N3O5. The fourth-order valence-electron chi connectivity index (χ4n) is 1.79.